The molecule has 0 bridgehead atoms. The van der Waals surface area contributed by atoms with Crippen LogP contribution in [0.5, 0.6) is 0 Å². The average molecular weight is 324 g/mol. The first kappa shape index (κ1) is 16.6. The van der Waals surface area contributed by atoms with Crippen molar-refractivity contribution in [2.45, 2.75) is 44.7 Å². The average Bonchev–Trinajstić information content (AvgIpc) is 2.53. The summed E-state index contributed by atoms with van der Waals surface area (Å²) in [6.45, 7) is 0.313. The van der Waals surface area contributed by atoms with Gasteiger partial charge in [0.1, 0.15) is 0 Å². The summed E-state index contributed by atoms with van der Waals surface area (Å²) in [5.74, 6) is -0.237. The van der Waals surface area contributed by atoms with Gasteiger partial charge in [-0.1, -0.05) is 49.1 Å². The molecule has 3 amide bonds. The van der Waals surface area contributed by atoms with Gasteiger partial charge >= 0.3 is 6.03 Å². The largest absolute Gasteiger partial charge is 0.350 e. The third-order valence-electron chi connectivity index (χ3n) is 3.78. The number of carbonyl (C=O) groups excluding carboxylic acids is 2. The maximum atomic E-state index is 11.7. The normalized spacial score (nSPS) is 15.1. The molecule has 1 aromatic carbocycles. The summed E-state index contributed by atoms with van der Waals surface area (Å²) in [7, 11) is 0. The molecule has 5 nitrogen and oxygen atoms in total. The van der Waals surface area contributed by atoms with E-state index in [9.17, 15) is 9.59 Å². The molecule has 6 heteroatoms. The van der Waals surface area contributed by atoms with E-state index in [4.69, 9.17) is 11.6 Å². The van der Waals surface area contributed by atoms with E-state index < -0.39 is 0 Å². The number of benzene rings is 1. The molecule has 0 unspecified atom stereocenters. The van der Waals surface area contributed by atoms with Crippen molar-refractivity contribution in [1.82, 2.24) is 16.0 Å². The first-order valence-electron chi connectivity index (χ1n) is 7.69. The number of amides is 3. The molecule has 1 saturated carbocycles. The lowest BCUT2D eigenvalue weighted by Crippen LogP contribution is -2.46. The van der Waals surface area contributed by atoms with E-state index in [0.29, 0.717) is 11.6 Å². The third-order valence-corrected chi connectivity index (χ3v) is 4.15. The van der Waals surface area contributed by atoms with Crippen LogP contribution in [0.15, 0.2) is 24.3 Å². The van der Waals surface area contributed by atoms with Crippen molar-refractivity contribution < 1.29 is 9.59 Å². The molecular formula is C16H22ClN3O2. The molecule has 0 aliphatic heterocycles. The highest BCUT2D eigenvalue weighted by Gasteiger charge is 2.15. The Morgan fingerprint density at radius 2 is 1.82 bits per heavy atom. The fourth-order valence-corrected chi connectivity index (χ4v) is 2.74. The molecule has 0 atom stereocenters. The second kappa shape index (κ2) is 8.63. The minimum absolute atomic E-state index is 0.0387. The van der Waals surface area contributed by atoms with E-state index in [-0.39, 0.29) is 24.5 Å². The number of urea groups is 1. The minimum Gasteiger partial charge on any atom is -0.350 e. The van der Waals surface area contributed by atoms with E-state index in [1.807, 2.05) is 18.2 Å². The Kier molecular flexibility index (Phi) is 6.52. The monoisotopic (exact) mass is 323 g/mol. The fraction of sp³-hybridized carbons (Fsp3) is 0.500. The van der Waals surface area contributed by atoms with E-state index in [1.54, 1.807) is 6.07 Å². The van der Waals surface area contributed by atoms with Crippen molar-refractivity contribution in [1.29, 1.82) is 0 Å². The van der Waals surface area contributed by atoms with E-state index >= 15 is 0 Å². The van der Waals surface area contributed by atoms with Crippen LogP contribution in [0.4, 0.5) is 4.79 Å². The maximum Gasteiger partial charge on any atom is 0.315 e. The molecule has 0 heterocycles. The molecule has 1 aliphatic rings. The van der Waals surface area contributed by atoms with Crippen molar-refractivity contribution in [2.75, 3.05) is 6.54 Å². The number of halogens is 1. The Labute approximate surface area is 135 Å². The molecule has 0 saturated heterocycles. The van der Waals surface area contributed by atoms with Crippen LogP contribution >= 0.6 is 11.6 Å². The summed E-state index contributed by atoms with van der Waals surface area (Å²) in [4.78, 5) is 23.4. The van der Waals surface area contributed by atoms with Crippen molar-refractivity contribution in [3.05, 3.63) is 34.9 Å². The van der Waals surface area contributed by atoms with Crippen LogP contribution in [0, 0.1) is 0 Å². The van der Waals surface area contributed by atoms with Crippen LogP contribution in [0.2, 0.25) is 5.02 Å². The van der Waals surface area contributed by atoms with Gasteiger partial charge in [-0.2, -0.15) is 0 Å². The highest BCUT2D eigenvalue weighted by atomic mass is 35.5. The summed E-state index contributed by atoms with van der Waals surface area (Å²) in [5, 5.41) is 8.84. The van der Waals surface area contributed by atoms with Gasteiger partial charge in [0.25, 0.3) is 0 Å². The van der Waals surface area contributed by atoms with Crippen LogP contribution in [-0.2, 0) is 11.3 Å². The fourth-order valence-electron chi connectivity index (χ4n) is 2.54. The molecule has 22 heavy (non-hydrogen) atoms. The lowest BCUT2D eigenvalue weighted by molar-refractivity contribution is -0.120. The Morgan fingerprint density at radius 1 is 1.09 bits per heavy atom. The van der Waals surface area contributed by atoms with Gasteiger partial charge in [-0.25, -0.2) is 4.79 Å². The summed E-state index contributed by atoms with van der Waals surface area (Å²) in [6.07, 6.45) is 5.59. The first-order chi connectivity index (χ1) is 10.6. The zero-order valence-corrected chi connectivity index (χ0v) is 13.3. The standard InChI is InChI=1S/C16H22ClN3O2/c17-14-9-5-4-6-12(14)10-18-15(21)11-19-16(22)20-13-7-2-1-3-8-13/h4-6,9,13H,1-3,7-8,10-11H2,(H,18,21)(H2,19,20,22). The van der Waals surface area contributed by atoms with Gasteiger partial charge in [0.05, 0.1) is 6.54 Å². The highest BCUT2D eigenvalue weighted by Crippen LogP contribution is 2.17. The topological polar surface area (TPSA) is 70.2 Å². The van der Waals surface area contributed by atoms with Gasteiger partial charge in [0.15, 0.2) is 0 Å². The van der Waals surface area contributed by atoms with Crippen molar-refractivity contribution in [3.63, 3.8) is 0 Å². The number of hydrogen-bond donors (Lipinski definition) is 3. The summed E-state index contributed by atoms with van der Waals surface area (Å²) in [6, 6.07) is 7.29. The van der Waals surface area contributed by atoms with Gasteiger partial charge in [-0.15, -0.1) is 0 Å². The Bertz CT molecular complexity index is 516. The zero-order chi connectivity index (χ0) is 15.8. The lowest BCUT2D eigenvalue weighted by Gasteiger charge is -2.22. The van der Waals surface area contributed by atoms with Crippen molar-refractivity contribution >= 4 is 23.5 Å². The SMILES string of the molecule is O=C(CNC(=O)NC1CCCCC1)NCc1ccccc1Cl. The van der Waals surface area contributed by atoms with Crippen LogP contribution in [0.1, 0.15) is 37.7 Å². The second-order valence-electron chi connectivity index (χ2n) is 5.53. The van der Waals surface area contributed by atoms with E-state index in [1.165, 1.54) is 6.42 Å². The highest BCUT2D eigenvalue weighted by molar-refractivity contribution is 6.31. The first-order valence-corrected chi connectivity index (χ1v) is 8.07. The minimum atomic E-state index is -0.278. The number of nitrogens with one attached hydrogen (secondary N) is 3. The van der Waals surface area contributed by atoms with Crippen molar-refractivity contribution in [2.24, 2.45) is 0 Å². The second-order valence-corrected chi connectivity index (χ2v) is 5.94. The van der Waals surface area contributed by atoms with Crippen LogP contribution < -0.4 is 16.0 Å². The predicted octanol–water partition coefficient (Wildman–Crippen LogP) is 2.59. The molecule has 1 fully saturated rings. The molecule has 0 aromatic heterocycles. The molecule has 120 valence electrons. The third kappa shape index (κ3) is 5.56. The van der Waals surface area contributed by atoms with Gasteiger partial charge in [-0.3, -0.25) is 4.79 Å². The quantitative estimate of drug-likeness (QED) is 0.779. The summed E-state index contributed by atoms with van der Waals surface area (Å²) < 4.78 is 0. The Morgan fingerprint density at radius 3 is 2.55 bits per heavy atom. The number of rotatable bonds is 5. The van der Waals surface area contributed by atoms with E-state index in [0.717, 1.165) is 31.2 Å². The molecule has 1 aromatic rings. The van der Waals surface area contributed by atoms with Crippen molar-refractivity contribution in [3.8, 4) is 0 Å². The van der Waals surface area contributed by atoms with Crippen LogP contribution in [0.25, 0.3) is 0 Å². The predicted molar refractivity (Wildman–Crippen MR) is 86.7 cm³/mol. The number of hydrogen-bond acceptors (Lipinski definition) is 2. The molecule has 2 rings (SSSR count). The molecule has 1 aliphatic carbocycles. The maximum absolute atomic E-state index is 11.7. The van der Waals surface area contributed by atoms with Gasteiger partial charge in [-0.05, 0) is 24.5 Å². The van der Waals surface area contributed by atoms with Gasteiger partial charge in [0, 0.05) is 17.6 Å². The molecule has 3 N–H and O–H groups in total. The smallest absolute Gasteiger partial charge is 0.315 e. The van der Waals surface area contributed by atoms with Gasteiger partial charge < -0.3 is 16.0 Å². The zero-order valence-electron chi connectivity index (χ0n) is 12.5. The van der Waals surface area contributed by atoms with Crippen LogP contribution in [0.3, 0.4) is 0 Å². The number of carbonyl (C=O) groups is 2. The lowest BCUT2D eigenvalue weighted by atomic mass is 9.96. The van der Waals surface area contributed by atoms with E-state index in [2.05, 4.69) is 16.0 Å². The Balaban J connectivity index is 1.64. The van der Waals surface area contributed by atoms with Gasteiger partial charge in [0.2, 0.25) is 5.91 Å². The molecule has 0 radical (unpaired) electrons. The summed E-state index contributed by atoms with van der Waals surface area (Å²) >= 11 is 6.01. The molecular weight excluding hydrogens is 302 g/mol. The molecule has 0 spiro atoms. The van der Waals surface area contributed by atoms with Crippen LogP contribution in [-0.4, -0.2) is 24.5 Å². The summed E-state index contributed by atoms with van der Waals surface area (Å²) in [5.41, 5.74) is 0.851. The Hall–Kier alpha value is -1.75.